The number of aromatic nitrogens is 4. The lowest BCUT2D eigenvalue weighted by Gasteiger charge is -2.34. The molecule has 0 N–H and O–H groups in total. The van der Waals surface area contributed by atoms with E-state index in [0.717, 1.165) is 30.9 Å². The molecular formula is C19H21N5O. The zero-order chi connectivity index (χ0) is 17.2. The van der Waals surface area contributed by atoms with Crippen LogP contribution in [0.2, 0.25) is 0 Å². The summed E-state index contributed by atoms with van der Waals surface area (Å²) >= 11 is 0. The minimum Gasteiger partial charge on any atom is -0.337 e. The number of imidazole rings is 1. The number of nitrogens with zero attached hydrogens (tertiary/aromatic N) is 5. The number of carbonyl (C=O) groups is 1. The van der Waals surface area contributed by atoms with E-state index in [1.807, 2.05) is 60.7 Å². The highest BCUT2D eigenvalue weighted by molar-refractivity contribution is 5.97. The number of piperidine rings is 1. The molecule has 1 aliphatic rings. The average molecular weight is 335 g/mol. The first-order chi connectivity index (χ1) is 12.2. The number of rotatable bonds is 3. The Balaban J connectivity index is 1.60. The van der Waals surface area contributed by atoms with Gasteiger partial charge in [-0.05, 0) is 38.0 Å². The summed E-state index contributed by atoms with van der Waals surface area (Å²) in [7, 11) is 0. The molecule has 1 atom stereocenters. The Hall–Kier alpha value is -2.89. The third kappa shape index (κ3) is 2.95. The Morgan fingerprint density at radius 3 is 2.80 bits per heavy atom. The molecule has 6 heteroatoms. The van der Waals surface area contributed by atoms with Crippen LogP contribution in [0.15, 0.2) is 55.1 Å². The molecule has 4 rings (SSSR count). The normalized spacial score (nSPS) is 17.6. The van der Waals surface area contributed by atoms with Gasteiger partial charge in [-0.2, -0.15) is 5.10 Å². The first kappa shape index (κ1) is 15.6. The van der Waals surface area contributed by atoms with Crippen molar-refractivity contribution in [1.29, 1.82) is 0 Å². The molecule has 1 unspecified atom stereocenters. The van der Waals surface area contributed by atoms with Crippen LogP contribution in [0.4, 0.5) is 0 Å². The van der Waals surface area contributed by atoms with Crippen LogP contribution in [0.5, 0.6) is 0 Å². The van der Waals surface area contributed by atoms with Crippen molar-refractivity contribution in [3.63, 3.8) is 0 Å². The first-order valence-electron chi connectivity index (χ1n) is 8.62. The second-order valence-electron chi connectivity index (χ2n) is 6.40. The number of aryl methyl sites for hydroxylation is 1. The molecule has 1 aromatic carbocycles. The van der Waals surface area contributed by atoms with Crippen LogP contribution >= 0.6 is 0 Å². The number of amides is 1. The highest BCUT2D eigenvalue weighted by Crippen LogP contribution is 2.25. The summed E-state index contributed by atoms with van der Waals surface area (Å²) in [5, 5.41) is 4.28. The number of para-hydroxylation sites is 1. The van der Waals surface area contributed by atoms with E-state index in [1.54, 1.807) is 10.9 Å². The van der Waals surface area contributed by atoms with Crippen molar-refractivity contribution in [3.8, 4) is 5.69 Å². The van der Waals surface area contributed by atoms with Gasteiger partial charge < -0.3 is 9.47 Å². The second-order valence-corrected chi connectivity index (χ2v) is 6.40. The third-order valence-electron chi connectivity index (χ3n) is 4.83. The van der Waals surface area contributed by atoms with E-state index >= 15 is 0 Å². The van der Waals surface area contributed by atoms with Gasteiger partial charge in [-0.3, -0.25) is 4.79 Å². The van der Waals surface area contributed by atoms with E-state index in [-0.39, 0.29) is 11.9 Å². The lowest BCUT2D eigenvalue weighted by atomic mass is 10.0. The molecule has 0 radical (unpaired) electrons. The molecule has 1 amide bonds. The number of hydrogen-bond donors (Lipinski definition) is 0. The topological polar surface area (TPSA) is 56.0 Å². The van der Waals surface area contributed by atoms with Crippen molar-refractivity contribution in [2.24, 2.45) is 0 Å². The third-order valence-corrected chi connectivity index (χ3v) is 4.83. The molecule has 1 fully saturated rings. The largest absolute Gasteiger partial charge is 0.337 e. The summed E-state index contributed by atoms with van der Waals surface area (Å²) in [5.74, 6) is 1.06. The molecule has 128 valence electrons. The molecule has 0 saturated carbocycles. The molecule has 3 heterocycles. The van der Waals surface area contributed by atoms with Crippen molar-refractivity contribution in [1.82, 2.24) is 24.2 Å². The quantitative estimate of drug-likeness (QED) is 0.739. The molecule has 0 aliphatic carbocycles. The van der Waals surface area contributed by atoms with Crippen molar-refractivity contribution < 1.29 is 4.79 Å². The molecule has 25 heavy (non-hydrogen) atoms. The lowest BCUT2D eigenvalue weighted by Crippen LogP contribution is -2.41. The predicted molar refractivity (Wildman–Crippen MR) is 94.7 cm³/mol. The molecule has 0 spiro atoms. The van der Waals surface area contributed by atoms with Crippen molar-refractivity contribution in [2.75, 3.05) is 13.1 Å². The van der Waals surface area contributed by atoms with Crippen LogP contribution in [0, 0.1) is 6.92 Å². The maximum atomic E-state index is 13.2. The summed E-state index contributed by atoms with van der Waals surface area (Å²) in [6.07, 6.45) is 9.48. The van der Waals surface area contributed by atoms with Gasteiger partial charge in [0.1, 0.15) is 5.82 Å². The van der Waals surface area contributed by atoms with Gasteiger partial charge in [0.05, 0.1) is 17.3 Å². The van der Waals surface area contributed by atoms with Gasteiger partial charge in [0.25, 0.3) is 5.91 Å². The van der Waals surface area contributed by atoms with Crippen LogP contribution in [-0.4, -0.2) is 43.2 Å². The van der Waals surface area contributed by atoms with E-state index in [2.05, 4.69) is 14.6 Å². The van der Waals surface area contributed by atoms with Crippen LogP contribution in [0.25, 0.3) is 5.69 Å². The molecule has 1 aliphatic heterocycles. The fraction of sp³-hybridized carbons (Fsp3) is 0.316. The average Bonchev–Trinajstić information content (AvgIpc) is 3.33. The van der Waals surface area contributed by atoms with Gasteiger partial charge in [-0.1, -0.05) is 12.1 Å². The monoisotopic (exact) mass is 335 g/mol. The molecule has 0 bridgehead atoms. The highest BCUT2D eigenvalue weighted by atomic mass is 16.2. The van der Waals surface area contributed by atoms with Gasteiger partial charge in [-0.15, -0.1) is 0 Å². The summed E-state index contributed by atoms with van der Waals surface area (Å²) < 4.78 is 3.92. The van der Waals surface area contributed by atoms with Gasteiger partial charge in [0.15, 0.2) is 0 Å². The number of carbonyl (C=O) groups excluding carboxylic acids is 1. The Labute approximate surface area is 146 Å². The zero-order valence-corrected chi connectivity index (χ0v) is 14.2. The van der Waals surface area contributed by atoms with Crippen molar-refractivity contribution in [3.05, 3.63) is 66.5 Å². The fourth-order valence-corrected chi connectivity index (χ4v) is 3.58. The smallest absolute Gasteiger partial charge is 0.256 e. The second kappa shape index (κ2) is 6.55. The predicted octanol–water partition coefficient (Wildman–Crippen LogP) is 2.85. The Bertz CT molecular complexity index is 868. The fourth-order valence-electron chi connectivity index (χ4n) is 3.58. The van der Waals surface area contributed by atoms with E-state index in [9.17, 15) is 4.79 Å². The highest BCUT2D eigenvalue weighted by Gasteiger charge is 2.27. The molecule has 1 saturated heterocycles. The summed E-state index contributed by atoms with van der Waals surface area (Å²) in [5.41, 5.74) is 1.51. The van der Waals surface area contributed by atoms with Gasteiger partial charge in [0.2, 0.25) is 0 Å². The van der Waals surface area contributed by atoms with Gasteiger partial charge in [-0.25, -0.2) is 9.67 Å². The van der Waals surface area contributed by atoms with Crippen LogP contribution in [-0.2, 0) is 0 Å². The van der Waals surface area contributed by atoms with E-state index in [4.69, 9.17) is 0 Å². The van der Waals surface area contributed by atoms with Crippen LogP contribution in [0.1, 0.15) is 35.1 Å². The standard InChI is InChI=1S/C19H21N5O/c1-15-20-10-13-23(15)16-6-4-11-22(14-16)19(25)17-7-2-3-8-18(17)24-12-5-9-21-24/h2-3,5,7-10,12-13,16H,4,6,11,14H2,1H3. The van der Waals surface area contributed by atoms with E-state index in [0.29, 0.717) is 12.1 Å². The Kier molecular flexibility index (Phi) is 4.09. The summed E-state index contributed by atoms with van der Waals surface area (Å²) in [6.45, 7) is 3.51. The summed E-state index contributed by atoms with van der Waals surface area (Å²) in [4.78, 5) is 19.4. The molecular weight excluding hydrogens is 314 g/mol. The van der Waals surface area contributed by atoms with Crippen molar-refractivity contribution in [2.45, 2.75) is 25.8 Å². The SMILES string of the molecule is Cc1nccn1C1CCCN(C(=O)c2ccccc2-n2cccn2)C1. The molecule has 3 aromatic rings. The van der Waals surface area contributed by atoms with Crippen LogP contribution < -0.4 is 0 Å². The Morgan fingerprint density at radius 2 is 2.04 bits per heavy atom. The number of likely N-dealkylation sites (tertiary alicyclic amines) is 1. The van der Waals surface area contributed by atoms with Crippen molar-refractivity contribution >= 4 is 5.91 Å². The molecule has 6 nitrogen and oxygen atoms in total. The van der Waals surface area contributed by atoms with Gasteiger partial charge in [0, 0.05) is 37.9 Å². The number of hydrogen-bond acceptors (Lipinski definition) is 3. The van der Waals surface area contributed by atoms with Crippen LogP contribution in [0.3, 0.4) is 0 Å². The van der Waals surface area contributed by atoms with Gasteiger partial charge >= 0.3 is 0 Å². The molecule has 2 aromatic heterocycles. The minimum absolute atomic E-state index is 0.0635. The Morgan fingerprint density at radius 1 is 1.16 bits per heavy atom. The number of benzene rings is 1. The zero-order valence-electron chi connectivity index (χ0n) is 14.2. The lowest BCUT2D eigenvalue weighted by molar-refractivity contribution is 0.0678. The van der Waals surface area contributed by atoms with E-state index in [1.165, 1.54) is 0 Å². The first-order valence-corrected chi connectivity index (χ1v) is 8.62. The minimum atomic E-state index is 0.0635. The summed E-state index contributed by atoms with van der Waals surface area (Å²) in [6, 6.07) is 9.80. The van der Waals surface area contributed by atoms with E-state index < -0.39 is 0 Å². The maximum absolute atomic E-state index is 13.2. The maximum Gasteiger partial charge on any atom is 0.256 e.